The van der Waals surface area contributed by atoms with Crippen LogP contribution in [0.4, 0.5) is 8.78 Å². The molecule has 2 aromatic rings. The molecule has 1 aromatic heterocycles. The van der Waals surface area contributed by atoms with Gasteiger partial charge >= 0.3 is 17.9 Å². The third kappa shape index (κ3) is 10.4. The summed E-state index contributed by atoms with van der Waals surface area (Å²) in [4.78, 5) is 30.5. The predicted molar refractivity (Wildman–Crippen MR) is 122 cm³/mol. The van der Waals surface area contributed by atoms with Crippen molar-refractivity contribution >= 4 is 17.9 Å². The number of nitrogens with two attached hydrogens (primary N) is 1. The van der Waals surface area contributed by atoms with Crippen molar-refractivity contribution in [2.24, 2.45) is 11.1 Å². The predicted octanol–water partition coefficient (Wildman–Crippen LogP) is 2.39. The Hall–Kier alpha value is -3.58. The zero-order valence-electron chi connectivity index (χ0n) is 23.8. The van der Waals surface area contributed by atoms with Crippen LogP contribution in [0.3, 0.4) is 0 Å². The van der Waals surface area contributed by atoms with E-state index in [0.29, 0.717) is 19.0 Å². The molecule has 0 aliphatic carbocycles. The molecule has 0 aliphatic rings. The van der Waals surface area contributed by atoms with E-state index in [1.54, 1.807) is 0 Å². The molecule has 0 saturated carbocycles. The molecule has 0 bridgehead atoms. The van der Waals surface area contributed by atoms with Crippen molar-refractivity contribution in [1.82, 2.24) is 9.78 Å². The molecule has 13 heteroatoms. The molecule has 0 amide bonds. The molecule has 1 heterocycles. The molecule has 0 radical (unpaired) electrons. The van der Waals surface area contributed by atoms with E-state index in [4.69, 9.17) is 36.4 Å². The van der Waals surface area contributed by atoms with Crippen molar-refractivity contribution in [2.45, 2.75) is 65.2 Å². The second-order valence-electron chi connectivity index (χ2n) is 8.85. The summed E-state index contributed by atoms with van der Waals surface area (Å²) >= 11 is 0. The van der Waals surface area contributed by atoms with Gasteiger partial charge < -0.3 is 30.9 Å². The fourth-order valence-electron chi connectivity index (χ4n) is 2.55. The first-order chi connectivity index (χ1) is 18.0. The Morgan fingerprint density at radius 3 is 2.17 bits per heavy atom. The Balaban J connectivity index is 0.000000520. The molecule has 0 fully saturated rings. The fraction of sp³-hybridized carbons (Fsp3) is 0.478. The minimum Gasteiger partial charge on any atom is -0.481 e. The molecule has 0 saturated heterocycles. The maximum atomic E-state index is 14.0. The van der Waals surface area contributed by atoms with Gasteiger partial charge in [-0.05, 0) is 30.0 Å². The second kappa shape index (κ2) is 12.9. The van der Waals surface area contributed by atoms with Crippen LogP contribution in [0.5, 0.6) is 5.88 Å². The Morgan fingerprint density at radius 2 is 1.69 bits per heavy atom. The monoisotopic (exact) mass is 519 g/mol. The van der Waals surface area contributed by atoms with Gasteiger partial charge in [0.05, 0.1) is 21.3 Å². The van der Waals surface area contributed by atoms with Crippen LogP contribution >= 0.6 is 0 Å². The van der Waals surface area contributed by atoms with E-state index in [2.05, 4.69) is 5.10 Å². The summed E-state index contributed by atoms with van der Waals surface area (Å²) in [6.45, 7) is 1.34. The molecule has 11 nitrogen and oxygen atoms in total. The van der Waals surface area contributed by atoms with Crippen molar-refractivity contribution in [2.75, 3.05) is 0 Å². The van der Waals surface area contributed by atoms with E-state index in [9.17, 15) is 23.2 Å². The van der Waals surface area contributed by atoms with Crippen molar-refractivity contribution in [3.63, 3.8) is 0 Å². The number of nitrogens with zero attached hydrogens (tertiary/aromatic N) is 2. The molecule has 0 aliphatic heterocycles. The van der Waals surface area contributed by atoms with Gasteiger partial charge in [0.2, 0.25) is 5.88 Å². The van der Waals surface area contributed by atoms with Crippen LogP contribution in [0, 0.1) is 17.0 Å². The Kier molecular flexibility index (Phi) is 8.67. The zero-order valence-corrected chi connectivity index (χ0v) is 19.8. The molecule has 0 spiro atoms. The highest BCUT2D eigenvalue weighted by molar-refractivity contribution is 5.88. The molecule has 1 aromatic carbocycles. The van der Waals surface area contributed by atoms with Gasteiger partial charge in [0, 0.05) is 27.4 Å². The number of hydrogen-bond donors (Lipinski definition) is 5. The first-order valence-electron chi connectivity index (χ1n) is 12.4. The molecule has 36 heavy (non-hydrogen) atoms. The zero-order chi connectivity index (χ0) is 31.3. The Labute approximate surface area is 211 Å². The molecule has 0 unspecified atom stereocenters. The lowest BCUT2D eigenvalue weighted by Crippen LogP contribution is -2.42. The van der Waals surface area contributed by atoms with Gasteiger partial charge in [-0.1, -0.05) is 20.8 Å². The highest BCUT2D eigenvalue weighted by Crippen LogP contribution is 2.23. The number of aliphatic carboxylic acids is 3. The van der Waals surface area contributed by atoms with Gasteiger partial charge in [-0.3, -0.25) is 9.59 Å². The molecule has 0 atom stereocenters. The maximum absolute atomic E-state index is 14.0. The van der Waals surface area contributed by atoms with Crippen LogP contribution in [0.2, 0.25) is 0 Å². The summed E-state index contributed by atoms with van der Waals surface area (Å²) in [5, 5.41) is 37.9. The van der Waals surface area contributed by atoms with Gasteiger partial charge in [0.15, 0.2) is 5.60 Å². The van der Waals surface area contributed by atoms with Gasteiger partial charge in [0.1, 0.15) is 18.2 Å². The molecule has 200 valence electrons. The first kappa shape index (κ1) is 24.1. The topological polar surface area (TPSA) is 185 Å². The number of carboxylic acid groups (broad SMARTS) is 3. The van der Waals surface area contributed by atoms with E-state index < -0.39 is 66.6 Å². The summed E-state index contributed by atoms with van der Waals surface area (Å²) in [6.07, 6.45) is -1.65. The van der Waals surface area contributed by atoms with Crippen LogP contribution in [0.1, 0.15) is 56.8 Å². The van der Waals surface area contributed by atoms with Crippen LogP contribution in [-0.4, -0.2) is 53.7 Å². The average molecular weight is 520 g/mol. The number of aliphatic hydroxyl groups is 1. The number of benzene rings is 1. The van der Waals surface area contributed by atoms with Crippen LogP contribution < -0.4 is 10.5 Å². The van der Waals surface area contributed by atoms with Gasteiger partial charge in [-0.25, -0.2) is 18.3 Å². The highest BCUT2D eigenvalue weighted by atomic mass is 19.1. The minimum absolute atomic E-state index is 0.0706. The number of halogens is 2. The lowest BCUT2D eigenvalue weighted by Gasteiger charge is -2.18. The third-order valence-corrected chi connectivity index (χ3v) is 4.44. The van der Waals surface area contributed by atoms with Crippen molar-refractivity contribution < 1.29 is 53.8 Å². The lowest BCUT2D eigenvalue weighted by atomic mass is 9.92. The number of carboxylic acids is 3. The number of aryl methyl sites for hydroxylation is 1. The minimum atomic E-state index is -2.74. The third-order valence-electron chi connectivity index (χ3n) is 4.44. The summed E-state index contributed by atoms with van der Waals surface area (Å²) in [6, 6.07) is 3.57. The quantitative estimate of drug-likeness (QED) is 0.295. The smallest absolute Gasteiger partial charge is 0.336 e. The largest absolute Gasteiger partial charge is 0.481 e. The van der Waals surface area contributed by atoms with E-state index >= 15 is 0 Å². The van der Waals surface area contributed by atoms with Crippen molar-refractivity contribution in [3.05, 3.63) is 47.2 Å². The summed E-state index contributed by atoms with van der Waals surface area (Å²) in [7, 11) is 0. The van der Waals surface area contributed by atoms with E-state index in [1.807, 2.05) is 20.8 Å². The normalized spacial score (nSPS) is 13.9. The number of hydrogen-bond acceptors (Lipinski definition) is 7. The molecular weight excluding hydrogens is 484 g/mol. The number of carbonyl (C=O) groups is 3. The van der Waals surface area contributed by atoms with E-state index in [-0.39, 0.29) is 17.0 Å². The van der Waals surface area contributed by atoms with Crippen LogP contribution in [0.25, 0.3) is 0 Å². The summed E-state index contributed by atoms with van der Waals surface area (Å²) in [5.41, 5.74) is 1.87. The van der Waals surface area contributed by atoms with Crippen molar-refractivity contribution in [1.29, 1.82) is 0 Å². The van der Waals surface area contributed by atoms with Crippen LogP contribution in [0.15, 0.2) is 24.3 Å². The van der Waals surface area contributed by atoms with Gasteiger partial charge in [0.25, 0.3) is 0 Å². The molecule has 6 N–H and O–H groups in total. The van der Waals surface area contributed by atoms with E-state index in [0.717, 1.165) is 18.2 Å². The Bertz CT molecular complexity index is 1210. The highest BCUT2D eigenvalue weighted by Gasteiger charge is 2.40. The van der Waals surface area contributed by atoms with Gasteiger partial charge in [-0.2, -0.15) is 5.10 Å². The SMILES string of the molecule is O=C(O)CC(O)(CC(=O)O)C(=O)O.[2H]C([2H])(N)c1cc(OC([2H])([2H])c2cc(F)ccc2F)n(CCC(C)(C)C)n1. The number of aromatic nitrogens is 2. The fourth-order valence-corrected chi connectivity index (χ4v) is 2.55. The summed E-state index contributed by atoms with van der Waals surface area (Å²) < 4.78 is 65.3. The average Bonchev–Trinajstić information content (AvgIpc) is 3.15. The summed E-state index contributed by atoms with van der Waals surface area (Å²) in [5.74, 6) is -6.91. The van der Waals surface area contributed by atoms with E-state index in [1.165, 1.54) is 4.68 Å². The lowest BCUT2D eigenvalue weighted by molar-refractivity contribution is -0.170. The second-order valence-corrected chi connectivity index (χ2v) is 8.85. The number of rotatable bonds is 11. The maximum Gasteiger partial charge on any atom is 0.336 e. The standard InChI is InChI=1S/C17H23F2N3O.C6H8O7/c1-17(2,3)6-7-22-16(9-14(10-20)21-22)23-11-12-8-13(18)4-5-15(12)19;7-3(8)1-6(13,5(11)12)2-4(9)10/h4-5,8-9H,6-7,10-11,20H2,1-3H3;13H,1-2H2,(H,7,8)(H,9,10)(H,11,12)/i10D2,11D2;. The van der Waals surface area contributed by atoms with Crippen molar-refractivity contribution in [3.8, 4) is 5.88 Å². The number of ether oxygens (including phenoxy) is 1. The molecule has 2 rings (SSSR count). The Morgan fingerprint density at radius 1 is 1.11 bits per heavy atom. The van der Waals surface area contributed by atoms with Gasteiger partial charge in [-0.15, -0.1) is 0 Å². The first-order valence-corrected chi connectivity index (χ1v) is 10.4. The molecular formula is C23H31F2N3O8. The van der Waals surface area contributed by atoms with Crippen LogP contribution in [-0.2, 0) is 34.0 Å².